The number of hydrogen-bond acceptors (Lipinski definition) is 5. The van der Waals surface area contributed by atoms with Gasteiger partial charge in [-0.3, -0.25) is 4.79 Å². The highest BCUT2D eigenvalue weighted by molar-refractivity contribution is 7.91. The van der Waals surface area contributed by atoms with Crippen LogP contribution in [0.2, 0.25) is 5.02 Å². The van der Waals surface area contributed by atoms with E-state index in [1.165, 1.54) is 18.2 Å². The van der Waals surface area contributed by atoms with E-state index in [2.05, 4.69) is 0 Å². The van der Waals surface area contributed by atoms with E-state index in [1.807, 2.05) is 0 Å². The molecular weight excluding hydrogens is 280 g/mol. The Hall–Kier alpha value is -1.11. The normalized spacial score (nSPS) is 25.9. The lowest BCUT2D eigenvalue weighted by atomic mass is 10.2. The van der Waals surface area contributed by atoms with E-state index in [0.29, 0.717) is 11.3 Å². The summed E-state index contributed by atoms with van der Waals surface area (Å²) in [7, 11) is -3.28. The van der Waals surface area contributed by atoms with Gasteiger partial charge in [-0.15, -0.1) is 0 Å². The van der Waals surface area contributed by atoms with E-state index in [0.717, 1.165) is 0 Å². The highest BCUT2D eigenvalue weighted by Crippen LogP contribution is 2.25. The first-order valence-corrected chi connectivity index (χ1v) is 7.41. The number of halogens is 1. The minimum Gasteiger partial charge on any atom is -0.486 e. The van der Waals surface area contributed by atoms with Crippen LogP contribution >= 0.6 is 11.6 Å². The van der Waals surface area contributed by atoms with Crippen LogP contribution in [-0.4, -0.2) is 43.5 Å². The second-order valence-corrected chi connectivity index (χ2v) is 6.69. The molecule has 1 N–H and O–H groups in total. The molecule has 18 heavy (non-hydrogen) atoms. The van der Waals surface area contributed by atoms with Crippen molar-refractivity contribution in [1.82, 2.24) is 0 Å². The molecule has 2 rings (SSSR count). The molecule has 1 saturated heterocycles. The van der Waals surface area contributed by atoms with Crippen molar-refractivity contribution in [1.29, 1.82) is 0 Å². The summed E-state index contributed by atoms with van der Waals surface area (Å²) in [5, 5.41) is 9.96. The van der Waals surface area contributed by atoms with Gasteiger partial charge >= 0.3 is 0 Å². The molecule has 0 aromatic heterocycles. The molecule has 1 aliphatic rings. The average Bonchev–Trinajstić information content (AvgIpc) is 2.54. The molecule has 1 heterocycles. The molecule has 1 aromatic rings. The lowest BCUT2D eigenvalue weighted by Crippen LogP contribution is -2.30. The Bertz CT molecular complexity index is 569. The standard InChI is InChI=1S/C11H11ClO5S/c12-8-1-2-10(7(3-8)4-13)17-11-6-18(15,16)5-9(11)14/h1-4,9,11,14H,5-6H2. The molecule has 2 unspecified atom stereocenters. The van der Waals surface area contributed by atoms with E-state index in [9.17, 15) is 18.3 Å². The number of benzene rings is 1. The number of carbonyl (C=O) groups is 1. The number of aliphatic hydroxyl groups is 1. The van der Waals surface area contributed by atoms with Crippen LogP contribution in [0.1, 0.15) is 10.4 Å². The van der Waals surface area contributed by atoms with Gasteiger partial charge in [0.25, 0.3) is 0 Å². The van der Waals surface area contributed by atoms with Gasteiger partial charge in [-0.05, 0) is 18.2 Å². The minimum absolute atomic E-state index is 0.218. The highest BCUT2D eigenvalue weighted by Gasteiger charge is 2.38. The van der Waals surface area contributed by atoms with Crippen LogP contribution in [0.25, 0.3) is 0 Å². The molecule has 1 fully saturated rings. The number of ether oxygens (including phenoxy) is 1. The van der Waals surface area contributed by atoms with Crippen LogP contribution in [0, 0.1) is 0 Å². The van der Waals surface area contributed by atoms with Crippen LogP contribution in [0.5, 0.6) is 5.75 Å². The topological polar surface area (TPSA) is 80.7 Å². The smallest absolute Gasteiger partial charge is 0.156 e. The predicted molar refractivity (Wildman–Crippen MR) is 65.9 cm³/mol. The maximum Gasteiger partial charge on any atom is 0.156 e. The zero-order valence-corrected chi connectivity index (χ0v) is 10.8. The van der Waals surface area contributed by atoms with Crippen molar-refractivity contribution < 1.29 is 23.1 Å². The van der Waals surface area contributed by atoms with Gasteiger partial charge in [-0.25, -0.2) is 8.42 Å². The quantitative estimate of drug-likeness (QED) is 0.829. The summed E-state index contributed by atoms with van der Waals surface area (Å²) in [6.45, 7) is 0. The van der Waals surface area contributed by atoms with Crippen molar-refractivity contribution in [2.75, 3.05) is 11.5 Å². The van der Waals surface area contributed by atoms with Crippen LogP contribution in [0.3, 0.4) is 0 Å². The van der Waals surface area contributed by atoms with E-state index in [-0.39, 0.29) is 22.8 Å². The molecule has 0 radical (unpaired) electrons. The predicted octanol–water partition coefficient (Wildman–Crippen LogP) is 0.689. The molecule has 7 heteroatoms. The van der Waals surface area contributed by atoms with Gasteiger partial charge in [-0.2, -0.15) is 0 Å². The Kier molecular flexibility index (Phi) is 3.61. The summed E-state index contributed by atoms with van der Waals surface area (Å²) in [5.74, 6) is -0.355. The molecule has 98 valence electrons. The van der Waals surface area contributed by atoms with Crippen LogP contribution in [0.4, 0.5) is 0 Å². The number of carbonyl (C=O) groups excluding carboxylic acids is 1. The molecule has 1 aromatic carbocycles. The highest BCUT2D eigenvalue weighted by atomic mass is 35.5. The van der Waals surface area contributed by atoms with Crippen molar-refractivity contribution in [3.8, 4) is 5.75 Å². The zero-order valence-electron chi connectivity index (χ0n) is 9.24. The fourth-order valence-corrected chi connectivity index (χ4v) is 3.63. The number of hydrogen-bond donors (Lipinski definition) is 1. The lowest BCUT2D eigenvalue weighted by molar-refractivity contribution is 0.0728. The van der Waals surface area contributed by atoms with Gasteiger partial charge in [0.1, 0.15) is 18.0 Å². The van der Waals surface area contributed by atoms with Crippen molar-refractivity contribution in [2.45, 2.75) is 12.2 Å². The van der Waals surface area contributed by atoms with Crippen LogP contribution < -0.4 is 4.74 Å². The van der Waals surface area contributed by atoms with E-state index >= 15 is 0 Å². The molecule has 2 atom stereocenters. The average molecular weight is 291 g/mol. The largest absolute Gasteiger partial charge is 0.486 e. The van der Waals surface area contributed by atoms with Crippen molar-refractivity contribution >= 4 is 27.7 Å². The first kappa shape index (κ1) is 13.3. The Morgan fingerprint density at radius 3 is 2.67 bits per heavy atom. The maximum atomic E-state index is 11.3. The van der Waals surface area contributed by atoms with Gasteiger partial charge < -0.3 is 9.84 Å². The van der Waals surface area contributed by atoms with Gasteiger partial charge in [0.15, 0.2) is 16.1 Å². The Balaban J connectivity index is 2.22. The lowest BCUT2D eigenvalue weighted by Gasteiger charge is -2.16. The number of aliphatic hydroxyl groups excluding tert-OH is 1. The molecule has 5 nitrogen and oxygen atoms in total. The van der Waals surface area contributed by atoms with Crippen molar-refractivity contribution in [3.05, 3.63) is 28.8 Å². The fraction of sp³-hybridized carbons (Fsp3) is 0.364. The molecular formula is C11H11ClO5S. The minimum atomic E-state index is -3.28. The summed E-state index contributed by atoms with van der Waals surface area (Å²) in [4.78, 5) is 10.8. The second kappa shape index (κ2) is 4.87. The summed E-state index contributed by atoms with van der Waals surface area (Å²) >= 11 is 5.73. The van der Waals surface area contributed by atoms with E-state index < -0.39 is 22.0 Å². The van der Waals surface area contributed by atoms with Crippen LogP contribution in [0.15, 0.2) is 18.2 Å². The molecule has 0 aliphatic carbocycles. The van der Waals surface area contributed by atoms with E-state index in [4.69, 9.17) is 16.3 Å². The van der Waals surface area contributed by atoms with Crippen molar-refractivity contribution in [2.24, 2.45) is 0 Å². The van der Waals surface area contributed by atoms with Gasteiger partial charge in [0, 0.05) is 5.02 Å². The summed E-state index contributed by atoms with van der Waals surface area (Å²) in [5.41, 5.74) is 0.221. The molecule has 0 bridgehead atoms. The first-order chi connectivity index (χ1) is 8.41. The zero-order chi connectivity index (χ0) is 13.3. The monoisotopic (exact) mass is 290 g/mol. The number of rotatable bonds is 3. The number of aldehydes is 1. The first-order valence-electron chi connectivity index (χ1n) is 5.21. The second-order valence-electron chi connectivity index (χ2n) is 4.10. The SMILES string of the molecule is O=Cc1cc(Cl)ccc1OC1CS(=O)(=O)CC1O. The third-order valence-corrected chi connectivity index (χ3v) is 4.57. The molecule has 0 spiro atoms. The van der Waals surface area contributed by atoms with Gasteiger partial charge in [0.05, 0.1) is 17.1 Å². The van der Waals surface area contributed by atoms with E-state index in [1.54, 1.807) is 0 Å². The molecule has 1 aliphatic heterocycles. The molecule has 0 saturated carbocycles. The summed E-state index contributed by atoms with van der Waals surface area (Å²) in [6, 6.07) is 4.42. The summed E-state index contributed by atoms with van der Waals surface area (Å²) < 4.78 is 28.0. The van der Waals surface area contributed by atoms with Crippen molar-refractivity contribution in [3.63, 3.8) is 0 Å². The van der Waals surface area contributed by atoms with Gasteiger partial charge in [-0.1, -0.05) is 11.6 Å². The Morgan fingerprint density at radius 2 is 2.11 bits per heavy atom. The summed E-state index contributed by atoms with van der Waals surface area (Å²) in [6.07, 6.45) is -1.36. The molecule has 0 amide bonds. The Labute approximate surface area is 109 Å². The Morgan fingerprint density at radius 1 is 1.39 bits per heavy atom. The third kappa shape index (κ3) is 2.82. The maximum absolute atomic E-state index is 11.3. The van der Waals surface area contributed by atoms with Gasteiger partial charge in [0.2, 0.25) is 0 Å². The number of sulfone groups is 1. The fourth-order valence-electron chi connectivity index (χ4n) is 1.79. The van der Waals surface area contributed by atoms with Crippen LogP contribution in [-0.2, 0) is 9.84 Å². The third-order valence-electron chi connectivity index (χ3n) is 2.65.